The molecule has 7 heteroatoms. The summed E-state index contributed by atoms with van der Waals surface area (Å²) in [5.74, 6) is -1.44. The van der Waals surface area contributed by atoms with E-state index in [4.69, 9.17) is 4.98 Å². The molecule has 0 aliphatic carbocycles. The SMILES string of the molecule is CCN1CCc2nc3ccccc3c(C(=O)NC(CS)C(=O)O)c2C1. The van der Waals surface area contributed by atoms with Crippen LogP contribution in [0.4, 0.5) is 0 Å². The molecule has 1 aliphatic rings. The Hall–Kier alpha value is -2.12. The van der Waals surface area contributed by atoms with Crippen molar-refractivity contribution >= 4 is 35.4 Å². The number of rotatable bonds is 5. The van der Waals surface area contributed by atoms with Gasteiger partial charge in [-0.05, 0) is 12.6 Å². The van der Waals surface area contributed by atoms with Crippen LogP contribution in [0, 0.1) is 0 Å². The number of fused-ring (bicyclic) bond motifs is 2. The van der Waals surface area contributed by atoms with Gasteiger partial charge < -0.3 is 10.4 Å². The summed E-state index contributed by atoms with van der Waals surface area (Å²) in [4.78, 5) is 31.2. The van der Waals surface area contributed by atoms with Crippen LogP contribution >= 0.6 is 12.6 Å². The smallest absolute Gasteiger partial charge is 0.327 e. The molecule has 132 valence electrons. The van der Waals surface area contributed by atoms with Gasteiger partial charge in [-0.15, -0.1) is 0 Å². The van der Waals surface area contributed by atoms with E-state index in [0.29, 0.717) is 12.1 Å². The third-order valence-electron chi connectivity index (χ3n) is 4.59. The standard InChI is InChI=1S/C18H21N3O3S/c1-2-21-8-7-14-12(9-21)16(11-5-3-4-6-13(11)19-14)17(22)20-15(10-25)18(23)24/h3-6,15,25H,2,7-10H2,1H3,(H,20,22)(H,23,24). The molecule has 0 fully saturated rings. The number of benzene rings is 1. The lowest BCUT2D eigenvalue weighted by atomic mass is 9.95. The number of aliphatic carboxylic acids is 1. The van der Waals surface area contributed by atoms with Crippen LogP contribution < -0.4 is 5.32 Å². The van der Waals surface area contributed by atoms with E-state index in [0.717, 1.165) is 41.7 Å². The van der Waals surface area contributed by atoms with Crippen LogP contribution in [0.1, 0.15) is 28.5 Å². The van der Waals surface area contributed by atoms with Gasteiger partial charge in [0.2, 0.25) is 0 Å². The van der Waals surface area contributed by atoms with Crippen molar-refractivity contribution in [3.05, 3.63) is 41.1 Å². The van der Waals surface area contributed by atoms with Crippen molar-refractivity contribution in [1.82, 2.24) is 15.2 Å². The van der Waals surface area contributed by atoms with Crippen LogP contribution in [0.15, 0.2) is 24.3 Å². The average Bonchev–Trinajstić information content (AvgIpc) is 2.63. The van der Waals surface area contributed by atoms with Crippen molar-refractivity contribution < 1.29 is 14.7 Å². The van der Waals surface area contributed by atoms with Crippen molar-refractivity contribution in [2.24, 2.45) is 0 Å². The van der Waals surface area contributed by atoms with Gasteiger partial charge in [-0.25, -0.2) is 4.79 Å². The van der Waals surface area contributed by atoms with Gasteiger partial charge in [0.05, 0.1) is 11.1 Å². The second-order valence-corrected chi connectivity index (χ2v) is 6.46. The number of hydrogen-bond acceptors (Lipinski definition) is 5. The second-order valence-electron chi connectivity index (χ2n) is 6.09. The number of aromatic nitrogens is 1. The van der Waals surface area contributed by atoms with E-state index in [-0.39, 0.29) is 11.7 Å². The molecule has 2 aromatic rings. The van der Waals surface area contributed by atoms with Crippen LogP contribution in [0.3, 0.4) is 0 Å². The number of carbonyl (C=O) groups is 2. The van der Waals surface area contributed by atoms with Crippen LogP contribution in [0.2, 0.25) is 0 Å². The summed E-state index contributed by atoms with van der Waals surface area (Å²) in [6, 6.07) is 6.47. The molecule has 1 unspecified atom stereocenters. The zero-order valence-corrected chi connectivity index (χ0v) is 14.9. The molecule has 3 rings (SSSR count). The van der Waals surface area contributed by atoms with Gasteiger partial charge in [-0.2, -0.15) is 12.6 Å². The van der Waals surface area contributed by atoms with Crippen molar-refractivity contribution in [1.29, 1.82) is 0 Å². The third kappa shape index (κ3) is 3.48. The van der Waals surface area contributed by atoms with E-state index in [2.05, 4.69) is 29.8 Å². The summed E-state index contributed by atoms with van der Waals surface area (Å²) in [7, 11) is 0. The van der Waals surface area contributed by atoms with E-state index in [1.165, 1.54) is 0 Å². The Morgan fingerprint density at radius 1 is 1.40 bits per heavy atom. The Labute approximate surface area is 151 Å². The van der Waals surface area contributed by atoms with Crippen molar-refractivity contribution in [2.75, 3.05) is 18.8 Å². The number of carbonyl (C=O) groups excluding carboxylic acids is 1. The molecular weight excluding hydrogens is 338 g/mol. The molecule has 0 spiro atoms. The third-order valence-corrected chi connectivity index (χ3v) is 4.95. The molecule has 1 atom stereocenters. The van der Waals surface area contributed by atoms with Gasteiger partial charge >= 0.3 is 5.97 Å². The fourth-order valence-corrected chi connectivity index (χ4v) is 3.44. The molecule has 1 amide bonds. The van der Waals surface area contributed by atoms with Crippen molar-refractivity contribution in [3.8, 4) is 0 Å². The lowest BCUT2D eigenvalue weighted by molar-refractivity contribution is -0.138. The Balaban J connectivity index is 2.11. The lowest BCUT2D eigenvalue weighted by Crippen LogP contribution is -2.43. The summed E-state index contributed by atoms with van der Waals surface area (Å²) in [6.45, 7) is 4.53. The molecule has 25 heavy (non-hydrogen) atoms. The molecule has 0 saturated heterocycles. The first-order chi connectivity index (χ1) is 12.0. The van der Waals surface area contributed by atoms with E-state index < -0.39 is 12.0 Å². The first-order valence-corrected chi connectivity index (χ1v) is 8.95. The molecule has 0 radical (unpaired) electrons. The quantitative estimate of drug-likeness (QED) is 0.708. The summed E-state index contributed by atoms with van der Waals surface area (Å²) in [6.07, 6.45) is 0.781. The summed E-state index contributed by atoms with van der Waals surface area (Å²) >= 11 is 4.03. The molecule has 1 aromatic carbocycles. The second kappa shape index (κ2) is 7.41. The predicted molar refractivity (Wildman–Crippen MR) is 99.1 cm³/mol. The number of carboxylic acid groups (broad SMARTS) is 1. The van der Waals surface area contributed by atoms with Gasteiger partial charge in [0, 0.05) is 41.9 Å². The van der Waals surface area contributed by atoms with Gasteiger partial charge in [0.1, 0.15) is 6.04 Å². The molecule has 0 saturated carbocycles. The van der Waals surface area contributed by atoms with E-state index in [1.807, 2.05) is 24.3 Å². The predicted octanol–water partition coefficient (Wildman–Crippen LogP) is 1.73. The fraction of sp³-hybridized carbons (Fsp3) is 0.389. The molecule has 2 N–H and O–H groups in total. The monoisotopic (exact) mass is 359 g/mol. The maximum absolute atomic E-state index is 12.9. The minimum atomic E-state index is -1.09. The van der Waals surface area contributed by atoms with Crippen molar-refractivity contribution in [3.63, 3.8) is 0 Å². The zero-order valence-electron chi connectivity index (χ0n) is 14.0. The van der Waals surface area contributed by atoms with Crippen LogP contribution in [0.25, 0.3) is 10.9 Å². The number of likely N-dealkylation sites (N-methyl/N-ethyl adjacent to an activating group) is 1. The number of nitrogens with zero attached hydrogens (tertiary/aromatic N) is 2. The number of carboxylic acids is 1. The number of thiol groups is 1. The fourth-order valence-electron chi connectivity index (χ4n) is 3.19. The molecule has 0 bridgehead atoms. The van der Waals surface area contributed by atoms with Gasteiger partial charge in [-0.1, -0.05) is 25.1 Å². The highest BCUT2D eigenvalue weighted by atomic mass is 32.1. The average molecular weight is 359 g/mol. The zero-order chi connectivity index (χ0) is 18.0. The van der Waals surface area contributed by atoms with Crippen LogP contribution in [0.5, 0.6) is 0 Å². The van der Waals surface area contributed by atoms with E-state index in [1.54, 1.807) is 0 Å². The number of amides is 1. The largest absolute Gasteiger partial charge is 0.480 e. The maximum atomic E-state index is 12.9. The van der Waals surface area contributed by atoms with Crippen LogP contribution in [-0.2, 0) is 17.8 Å². The van der Waals surface area contributed by atoms with Gasteiger partial charge in [0.25, 0.3) is 5.91 Å². The minimum Gasteiger partial charge on any atom is -0.480 e. The molecule has 1 aliphatic heterocycles. The van der Waals surface area contributed by atoms with Gasteiger partial charge in [0.15, 0.2) is 0 Å². The highest BCUT2D eigenvalue weighted by Crippen LogP contribution is 2.28. The first kappa shape index (κ1) is 17.7. The highest BCUT2D eigenvalue weighted by molar-refractivity contribution is 7.80. The highest BCUT2D eigenvalue weighted by Gasteiger charge is 2.27. The Bertz CT molecular complexity index is 825. The summed E-state index contributed by atoms with van der Waals surface area (Å²) in [5.41, 5.74) is 3.11. The Kier molecular flexibility index (Phi) is 5.24. The van der Waals surface area contributed by atoms with Crippen molar-refractivity contribution in [2.45, 2.75) is 25.9 Å². The minimum absolute atomic E-state index is 0.0351. The van der Waals surface area contributed by atoms with E-state index >= 15 is 0 Å². The molecular formula is C18H21N3O3S. The van der Waals surface area contributed by atoms with Gasteiger partial charge in [-0.3, -0.25) is 14.7 Å². The lowest BCUT2D eigenvalue weighted by Gasteiger charge is -2.29. The summed E-state index contributed by atoms with van der Waals surface area (Å²) in [5, 5.41) is 12.6. The topological polar surface area (TPSA) is 82.5 Å². The number of pyridine rings is 1. The first-order valence-electron chi connectivity index (χ1n) is 8.32. The number of para-hydroxylation sites is 1. The van der Waals surface area contributed by atoms with E-state index in [9.17, 15) is 14.7 Å². The molecule has 1 aromatic heterocycles. The Morgan fingerprint density at radius 3 is 2.84 bits per heavy atom. The maximum Gasteiger partial charge on any atom is 0.327 e. The van der Waals surface area contributed by atoms with Crippen LogP contribution in [-0.4, -0.2) is 51.8 Å². The normalized spacial score (nSPS) is 15.6. The Morgan fingerprint density at radius 2 is 2.16 bits per heavy atom. The number of nitrogens with one attached hydrogen (secondary N) is 1. The molecule has 2 heterocycles. The summed E-state index contributed by atoms with van der Waals surface area (Å²) < 4.78 is 0. The molecule has 6 nitrogen and oxygen atoms in total. The number of hydrogen-bond donors (Lipinski definition) is 3.